The largest absolute Gasteiger partial charge is 0.435 e. The van der Waals surface area contributed by atoms with Gasteiger partial charge in [-0.2, -0.15) is 23.5 Å². The summed E-state index contributed by atoms with van der Waals surface area (Å²) in [5.41, 5.74) is 0.497. The van der Waals surface area contributed by atoms with Crippen molar-refractivity contribution >= 4 is 21.4 Å². The van der Waals surface area contributed by atoms with Crippen LogP contribution < -0.4 is 5.32 Å². The highest BCUT2D eigenvalue weighted by molar-refractivity contribution is 7.90. The van der Waals surface area contributed by atoms with Crippen LogP contribution in [0, 0.1) is 11.3 Å². The fourth-order valence-corrected chi connectivity index (χ4v) is 5.14. The number of hydrogen-bond acceptors (Lipinski definition) is 5. The zero-order valence-corrected chi connectivity index (χ0v) is 21.1. The van der Waals surface area contributed by atoms with Crippen molar-refractivity contribution in [2.24, 2.45) is 0 Å². The molecule has 4 rings (SSSR count). The number of halogens is 3. The predicted octanol–water partition coefficient (Wildman–Crippen LogP) is 5.78. The number of aromatic nitrogens is 2. The van der Waals surface area contributed by atoms with Crippen molar-refractivity contribution in [3.8, 4) is 22.9 Å². The molecule has 11 heteroatoms. The molecule has 7 nitrogen and oxygen atoms in total. The van der Waals surface area contributed by atoms with Gasteiger partial charge in [-0.3, -0.25) is 4.79 Å². The van der Waals surface area contributed by atoms with E-state index < -0.39 is 33.3 Å². The third kappa shape index (κ3) is 6.42. The number of alkyl halides is 3. The highest BCUT2D eigenvalue weighted by atomic mass is 32.2. The van der Waals surface area contributed by atoms with Gasteiger partial charge in [0.05, 0.1) is 28.8 Å². The van der Waals surface area contributed by atoms with E-state index in [-0.39, 0.29) is 28.4 Å². The van der Waals surface area contributed by atoms with Gasteiger partial charge < -0.3 is 5.32 Å². The van der Waals surface area contributed by atoms with Gasteiger partial charge in [-0.1, -0.05) is 48.5 Å². The highest BCUT2D eigenvalue weighted by Crippen LogP contribution is 2.31. The van der Waals surface area contributed by atoms with E-state index >= 15 is 0 Å². The van der Waals surface area contributed by atoms with Gasteiger partial charge in [0.15, 0.2) is 15.5 Å². The number of sulfone groups is 1. The minimum Gasteiger partial charge on any atom is -0.321 e. The van der Waals surface area contributed by atoms with Gasteiger partial charge in [0.2, 0.25) is 0 Å². The maximum Gasteiger partial charge on any atom is 0.435 e. The van der Waals surface area contributed by atoms with Crippen molar-refractivity contribution in [3.05, 3.63) is 114 Å². The molecule has 1 aromatic heterocycles. The van der Waals surface area contributed by atoms with Gasteiger partial charge in [0, 0.05) is 11.8 Å². The van der Waals surface area contributed by atoms with E-state index in [0.29, 0.717) is 17.2 Å². The molecular weight excluding hydrogens is 529 g/mol. The predicted molar refractivity (Wildman–Crippen MR) is 141 cm³/mol. The van der Waals surface area contributed by atoms with Crippen LogP contribution in [0.15, 0.2) is 91.5 Å². The lowest BCUT2D eigenvalue weighted by Gasteiger charge is -2.14. The van der Waals surface area contributed by atoms with Crippen LogP contribution in [0.1, 0.15) is 27.3 Å². The van der Waals surface area contributed by atoms with E-state index in [9.17, 15) is 31.6 Å². The van der Waals surface area contributed by atoms with Crippen LogP contribution in [0.3, 0.4) is 0 Å². The third-order valence-corrected chi connectivity index (χ3v) is 7.14. The molecule has 0 spiro atoms. The first kappa shape index (κ1) is 27.3. The lowest BCUT2D eigenvalue weighted by atomic mass is 10.00. The normalized spacial score (nSPS) is 11.5. The Hall–Kier alpha value is -4.69. The van der Waals surface area contributed by atoms with Crippen LogP contribution in [0.2, 0.25) is 0 Å². The van der Waals surface area contributed by atoms with Crippen molar-refractivity contribution in [1.82, 2.24) is 9.78 Å². The Morgan fingerprint density at radius 3 is 2.46 bits per heavy atom. The Labute approximate surface area is 222 Å². The van der Waals surface area contributed by atoms with Gasteiger partial charge in [0.25, 0.3) is 5.91 Å². The first-order valence-corrected chi connectivity index (χ1v) is 13.3. The summed E-state index contributed by atoms with van der Waals surface area (Å²) in [5.74, 6) is -1.50. The van der Waals surface area contributed by atoms with E-state index in [1.165, 1.54) is 42.5 Å². The molecule has 0 aliphatic carbocycles. The standard InChI is InChI=1S/C28H21F3N4O3S/c1-2-13-39(37,38)18-21-15-22(11-12-24(21)20-8-4-3-5-9-20)33-27(36)25-16-26(28(29,30)31)34-35(25)23-10-6-7-19(14-23)17-32/h2-12,14-16H,1,13,18H2,(H,33,36). The molecule has 0 radical (unpaired) electrons. The van der Waals surface area contributed by atoms with E-state index in [2.05, 4.69) is 17.0 Å². The lowest BCUT2D eigenvalue weighted by molar-refractivity contribution is -0.141. The summed E-state index contributed by atoms with van der Waals surface area (Å²) in [6.07, 6.45) is -3.54. The number of anilines is 1. The van der Waals surface area contributed by atoms with Gasteiger partial charge in [-0.25, -0.2) is 13.1 Å². The second kappa shape index (κ2) is 11.0. The molecule has 1 heterocycles. The minimum absolute atomic E-state index is 0.0883. The molecule has 0 saturated carbocycles. The van der Waals surface area contributed by atoms with Gasteiger partial charge in [-0.05, 0) is 47.0 Å². The molecule has 0 fully saturated rings. The quantitative estimate of drug-likeness (QED) is 0.280. The molecule has 0 unspecified atom stereocenters. The summed E-state index contributed by atoms with van der Waals surface area (Å²) in [6, 6.07) is 21.8. The molecule has 0 saturated heterocycles. The molecule has 0 bridgehead atoms. The van der Waals surface area contributed by atoms with Crippen molar-refractivity contribution in [2.75, 3.05) is 11.1 Å². The van der Waals surface area contributed by atoms with Crippen LogP contribution in [0.5, 0.6) is 0 Å². The summed E-state index contributed by atoms with van der Waals surface area (Å²) < 4.78 is 66.5. The Kier molecular flexibility index (Phi) is 7.69. The third-order valence-electron chi connectivity index (χ3n) is 5.65. The number of amides is 1. The highest BCUT2D eigenvalue weighted by Gasteiger charge is 2.36. The SMILES string of the molecule is C=CCS(=O)(=O)Cc1cc(NC(=O)c2cc(C(F)(F)F)nn2-c2cccc(C#N)c2)ccc1-c1ccccc1. The number of nitrogens with zero attached hydrogens (tertiary/aromatic N) is 3. The first-order chi connectivity index (χ1) is 18.5. The number of rotatable bonds is 8. The van der Waals surface area contributed by atoms with Crippen LogP contribution in [-0.4, -0.2) is 29.9 Å². The molecule has 0 atom stereocenters. The molecule has 198 valence electrons. The zero-order chi connectivity index (χ0) is 28.2. The Bertz CT molecular complexity index is 1690. The van der Waals surface area contributed by atoms with Crippen LogP contribution >= 0.6 is 0 Å². The molecule has 1 N–H and O–H groups in total. The summed E-state index contributed by atoms with van der Waals surface area (Å²) in [5, 5.41) is 15.3. The maximum atomic E-state index is 13.5. The summed E-state index contributed by atoms with van der Waals surface area (Å²) in [4.78, 5) is 13.2. The first-order valence-electron chi connectivity index (χ1n) is 11.5. The van der Waals surface area contributed by atoms with E-state index in [1.54, 1.807) is 18.2 Å². The fraction of sp³-hybridized carbons (Fsp3) is 0.107. The fourth-order valence-electron chi connectivity index (χ4n) is 3.95. The van der Waals surface area contributed by atoms with Crippen LogP contribution in [0.25, 0.3) is 16.8 Å². The van der Waals surface area contributed by atoms with E-state index in [0.717, 1.165) is 10.2 Å². The number of carbonyl (C=O) groups is 1. The molecule has 1 amide bonds. The zero-order valence-electron chi connectivity index (χ0n) is 20.3. The van der Waals surface area contributed by atoms with Gasteiger partial charge >= 0.3 is 6.18 Å². The molecule has 3 aromatic carbocycles. The van der Waals surface area contributed by atoms with Crippen LogP contribution in [0.4, 0.5) is 18.9 Å². The number of nitriles is 1. The second-order valence-corrected chi connectivity index (χ2v) is 10.6. The molecule has 39 heavy (non-hydrogen) atoms. The number of benzene rings is 3. The van der Waals surface area contributed by atoms with Gasteiger partial charge in [0.1, 0.15) is 5.69 Å². The summed E-state index contributed by atoms with van der Waals surface area (Å²) >= 11 is 0. The van der Waals surface area contributed by atoms with Crippen molar-refractivity contribution in [2.45, 2.75) is 11.9 Å². The summed E-state index contributed by atoms with van der Waals surface area (Å²) in [6.45, 7) is 3.48. The Morgan fingerprint density at radius 2 is 1.79 bits per heavy atom. The molecule has 4 aromatic rings. The smallest absolute Gasteiger partial charge is 0.321 e. The minimum atomic E-state index is -4.82. The topological polar surface area (TPSA) is 105 Å². The van der Waals surface area contributed by atoms with Crippen molar-refractivity contribution < 1.29 is 26.4 Å². The lowest BCUT2D eigenvalue weighted by Crippen LogP contribution is -2.17. The monoisotopic (exact) mass is 550 g/mol. The van der Waals surface area contributed by atoms with Crippen molar-refractivity contribution in [1.29, 1.82) is 5.26 Å². The molecule has 0 aliphatic heterocycles. The number of nitrogens with one attached hydrogen (secondary N) is 1. The van der Waals surface area contributed by atoms with E-state index in [1.807, 2.05) is 24.3 Å². The number of carbonyl (C=O) groups excluding carboxylic acids is 1. The second-order valence-electron chi connectivity index (χ2n) is 8.52. The van der Waals surface area contributed by atoms with Crippen LogP contribution in [-0.2, 0) is 21.8 Å². The molecular formula is C28H21F3N4O3S. The average molecular weight is 551 g/mol. The maximum absolute atomic E-state index is 13.5. The van der Waals surface area contributed by atoms with Gasteiger partial charge in [-0.15, -0.1) is 6.58 Å². The summed E-state index contributed by atoms with van der Waals surface area (Å²) in [7, 11) is -3.57. The van der Waals surface area contributed by atoms with Crippen molar-refractivity contribution in [3.63, 3.8) is 0 Å². The van der Waals surface area contributed by atoms with E-state index in [4.69, 9.17) is 0 Å². The Balaban J connectivity index is 1.75. The molecule has 0 aliphatic rings. The number of hydrogen-bond donors (Lipinski definition) is 1. The Morgan fingerprint density at radius 1 is 1.05 bits per heavy atom. The average Bonchev–Trinajstić information content (AvgIpc) is 3.36.